The summed E-state index contributed by atoms with van der Waals surface area (Å²) in [5.41, 5.74) is 0.734. The van der Waals surface area contributed by atoms with Crippen molar-refractivity contribution in [1.82, 2.24) is 0 Å². The van der Waals surface area contributed by atoms with Gasteiger partial charge in [-0.25, -0.2) is 4.39 Å². The molecule has 0 bridgehead atoms. The van der Waals surface area contributed by atoms with Crippen LogP contribution in [0.4, 0.5) is 4.39 Å². The first-order valence-corrected chi connectivity index (χ1v) is 8.18. The third kappa shape index (κ3) is 3.57. The largest absolute Gasteiger partial charge is 0.392 e. The summed E-state index contributed by atoms with van der Waals surface area (Å²) in [5, 5.41) is 21.0. The fourth-order valence-corrected chi connectivity index (χ4v) is 3.10. The van der Waals surface area contributed by atoms with E-state index in [-0.39, 0.29) is 12.4 Å². The molecule has 0 aliphatic carbocycles. The van der Waals surface area contributed by atoms with Crippen LogP contribution in [0.3, 0.4) is 0 Å². The molecule has 0 heterocycles. The summed E-state index contributed by atoms with van der Waals surface area (Å²) in [6, 6.07) is 11.4. The SMILES string of the molecule is CCCCC(O)(c1ccc(F)cc1)c1ccc(Br)cc1CO. The molecule has 2 nitrogen and oxygen atoms in total. The van der Waals surface area contributed by atoms with Crippen molar-refractivity contribution in [1.29, 1.82) is 0 Å². The van der Waals surface area contributed by atoms with Crippen LogP contribution in [0.2, 0.25) is 0 Å². The summed E-state index contributed by atoms with van der Waals surface area (Å²) in [4.78, 5) is 0. The van der Waals surface area contributed by atoms with Crippen LogP contribution < -0.4 is 0 Å². The molecule has 2 rings (SSSR count). The van der Waals surface area contributed by atoms with E-state index in [1.54, 1.807) is 18.2 Å². The number of aliphatic hydroxyl groups is 2. The van der Waals surface area contributed by atoms with Crippen molar-refractivity contribution in [3.05, 3.63) is 69.4 Å². The lowest BCUT2D eigenvalue weighted by Gasteiger charge is -2.31. The molecule has 0 aliphatic rings. The molecule has 0 fully saturated rings. The molecule has 118 valence electrons. The number of aliphatic hydroxyl groups excluding tert-OH is 1. The summed E-state index contributed by atoms with van der Waals surface area (Å²) in [5.74, 6) is -0.334. The Kier molecular flexibility index (Phi) is 5.73. The van der Waals surface area contributed by atoms with Gasteiger partial charge in [0.1, 0.15) is 11.4 Å². The van der Waals surface area contributed by atoms with Gasteiger partial charge >= 0.3 is 0 Å². The zero-order chi connectivity index (χ0) is 16.2. The third-order valence-corrected chi connectivity index (χ3v) is 4.39. The van der Waals surface area contributed by atoms with Gasteiger partial charge in [0.2, 0.25) is 0 Å². The number of hydrogen-bond acceptors (Lipinski definition) is 2. The molecule has 0 spiro atoms. The molecule has 0 radical (unpaired) electrons. The van der Waals surface area contributed by atoms with Crippen molar-refractivity contribution in [3.63, 3.8) is 0 Å². The van der Waals surface area contributed by atoms with E-state index in [1.807, 2.05) is 12.1 Å². The van der Waals surface area contributed by atoms with Gasteiger partial charge in [0.15, 0.2) is 0 Å². The van der Waals surface area contributed by atoms with Crippen molar-refractivity contribution >= 4 is 15.9 Å². The lowest BCUT2D eigenvalue weighted by molar-refractivity contribution is 0.0660. The second kappa shape index (κ2) is 7.36. The Morgan fingerprint density at radius 1 is 1.14 bits per heavy atom. The first-order valence-electron chi connectivity index (χ1n) is 7.39. The Bertz CT molecular complexity index is 627. The standard InChI is InChI=1S/C18H20BrFO2/c1-2-3-10-18(22,14-4-7-16(20)8-5-14)17-9-6-15(19)11-13(17)12-21/h4-9,11,21-22H,2-3,10,12H2,1H3. The Labute approximate surface area is 138 Å². The van der Waals surface area contributed by atoms with Crippen molar-refractivity contribution in [2.45, 2.75) is 38.4 Å². The number of benzene rings is 2. The molecule has 0 aliphatic heterocycles. The predicted octanol–water partition coefficient (Wildman–Crippen LogP) is 4.51. The van der Waals surface area contributed by atoms with E-state index in [1.165, 1.54) is 12.1 Å². The Hall–Kier alpha value is -1.23. The maximum atomic E-state index is 13.2. The minimum absolute atomic E-state index is 0.162. The highest BCUT2D eigenvalue weighted by Crippen LogP contribution is 2.37. The molecule has 1 unspecified atom stereocenters. The molecule has 0 saturated carbocycles. The summed E-state index contributed by atoms with van der Waals surface area (Å²) < 4.78 is 14.0. The minimum atomic E-state index is -1.23. The highest BCUT2D eigenvalue weighted by atomic mass is 79.9. The molecule has 1 atom stereocenters. The third-order valence-electron chi connectivity index (χ3n) is 3.90. The quantitative estimate of drug-likeness (QED) is 0.789. The molecule has 0 aromatic heterocycles. The van der Waals surface area contributed by atoms with Gasteiger partial charge in [0.25, 0.3) is 0 Å². The topological polar surface area (TPSA) is 40.5 Å². The van der Waals surface area contributed by atoms with Crippen molar-refractivity contribution in [3.8, 4) is 0 Å². The monoisotopic (exact) mass is 366 g/mol. The van der Waals surface area contributed by atoms with Gasteiger partial charge in [-0.3, -0.25) is 0 Å². The summed E-state index contributed by atoms with van der Waals surface area (Å²) in [6.07, 6.45) is 2.28. The molecule has 22 heavy (non-hydrogen) atoms. The molecule has 2 aromatic rings. The van der Waals surface area contributed by atoms with E-state index in [2.05, 4.69) is 22.9 Å². The minimum Gasteiger partial charge on any atom is -0.392 e. The number of halogens is 2. The van der Waals surface area contributed by atoms with Crippen LogP contribution in [0.15, 0.2) is 46.9 Å². The molecule has 0 saturated heterocycles. The average Bonchev–Trinajstić information content (AvgIpc) is 2.53. The van der Waals surface area contributed by atoms with Gasteiger partial charge in [0.05, 0.1) is 6.61 Å². The van der Waals surface area contributed by atoms with Gasteiger partial charge in [-0.15, -0.1) is 0 Å². The van der Waals surface area contributed by atoms with Gasteiger partial charge in [-0.1, -0.05) is 53.9 Å². The van der Waals surface area contributed by atoms with Gasteiger partial charge in [0, 0.05) is 4.47 Å². The van der Waals surface area contributed by atoms with Gasteiger partial charge in [-0.2, -0.15) is 0 Å². The zero-order valence-corrected chi connectivity index (χ0v) is 14.1. The number of hydrogen-bond donors (Lipinski definition) is 2. The molecular weight excluding hydrogens is 347 g/mol. The number of rotatable bonds is 6. The van der Waals surface area contributed by atoms with E-state index in [0.29, 0.717) is 23.1 Å². The van der Waals surface area contributed by atoms with Crippen molar-refractivity contribution in [2.24, 2.45) is 0 Å². The molecular formula is C18H20BrFO2. The molecule has 0 amide bonds. The lowest BCUT2D eigenvalue weighted by atomic mass is 9.80. The first-order chi connectivity index (χ1) is 10.5. The molecule has 2 N–H and O–H groups in total. The van der Waals surface area contributed by atoms with E-state index in [4.69, 9.17) is 0 Å². The van der Waals surface area contributed by atoms with Crippen LogP contribution >= 0.6 is 15.9 Å². The highest BCUT2D eigenvalue weighted by Gasteiger charge is 2.33. The maximum absolute atomic E-state index is 13.2. The summed E-state index contributed by atoms with van der Waals surface area (Å²) in [6.45, 7) is 1.89. The van der Waals surface area contributed by atoms with Crippen molar-refractivity contribution in [2.75, 3.05) is 0 Å². The van der Waals surface area contributed by atoms with Gasteiger partial charge in [-0.05, 0) is 47.4 Å². The Morgan fingerprint density at radius 2 is 1.82 bits per heavy atom. The van der Waals surface area contributed by atoms with Gasteiger partial charge < -0.3 is 10.2 Å². The molecule has 2 aromatic carbocycles. The maximum Gasteiger partial charge on any atom is 0.123 e. The highest BCUT2D eigenvalue weighted by molar-refractivity contribution is 9.10. The fraction of sp³-hybridized carbons (Fsp3) is 0.333. The zero-order valence-electron chi connectivity index (χ0n) is 12.5. The average molecular weight is 367 g/mol. The summed E-state index contributed by atoms with van der Waals surface area (Å²) in [7, 11) is 0. The first kappa shape index (κ1) is 17.1. The summed E-state index contributed by atoms with van der Waals surface area (Å²) >= 11 is 3.38. The van der Waals surface area contributed by atoms with Crippen LogP contribution in [0.5, 0.6) is 0 Å². The second-order valence-corrected chi connectivity index (χ2v) is 6.35. The van der Waals surface area contributed by atoms with E-state index in [9.17, 15) is 14.6 Å². The van der Waals surface area contributed by atoms with Crippen LogP contribution in [0.1, 0.15) is 42.9 Å². The van der Waals surface area contributed by atoms with E-state index < -0.39 is 5.60 Å². The second-order valence-electron chi connectivity index (χ2n) is 5.43. The predicted molar refractivity (Wildman–Crippen MR) is 89.0 cm³/mol. The Morgan fingerprint density at radius 3 is 2.41 bits per heavy atom. The van der Waals surface area contributed by atoms with E-state index >= 15 is 0 Å². The smallest absolute Gasteiger partial charge is 0.123 e. The van der Waals surface area contributed by atoms with Crippen LogP contribution in [-0.2, 0) is 12.2 Å². The number of unbranched alkanes of at least 4 members (excludes halogenated alkanes) is 1. The fourth-order valence-electron chi connectivity index (χ4n) is 2.69. The molecule has 4 heteroatoms. The van der Waals surface area contributed by atoms with Crippen LogP contribution in [-0.4, -0.2) is 10.2 Å². The normalized spacial score (nSPS) is 13.9. The van der Waals surface area contributed by atoms with Crippen molar-refractivity contribution < 1.29 is 14.6 Å². The Balaban J connectivity index is 2.56. The van der Waals surface area contributed by atoms with Crippen LogP contribution in [0, 0.1) is 5.82 Å². The lowest BCUT2D eigenvalue weighted by Crippen LogP contribution is -2.29. The van der Waals surface area contributed by atoms with Crippen LogP contribution in [0.25, 0.3) is 0 Å². The van der Waals surface area contributed by atoms with E-state index in [0.717, 1.165) is 17.3 Å².